The number of piperazine rings is 1. The normalized spacial score (nSPS) is 35.4. The van der Waals surface area contributed by atoms with Gasteiger partial charge < -0.3 is 19.9 Å². The molecule has 0 aromatic carbocycles. The molecular weight excluding hydrogens is 334 g/mol. The molecule has 4 heterocycles. The molecule has 4 aliphatic heterocycles. The summed E-state index contributed by atoms with van der Waals surface area (Å²) in [5.74, 6) is -0.737. The van der Waals surface area contributed by atoms with E-state index in [9.17, 15) is 14.4 Å². The van der Waals surface area contributed by atoms with Gasteiger partial charge in [-0.25, -0.2) is 0 Å². The zero-order chi connectivity index (χ0) is 18.5. The third-order valence-corrected chi connectivity index (χ3v) is 6.45. The second-order valence-corrected chi connectivity index (χ2v) is 7.91. The molecule has 7 nitrogen and oxygen atoms in total. The molecule has 0 saturated carbocycles. The summed E-state index contributed by atoms with van der Waals surface area (Å²) in [4.78, 5) is 41.4. The van der Waals surface area contributed by atoms with E-state index in [1.807, 2.05) is 17.1 Å². The second-order valence-electron chi connectivity index (χ2n) is 7.91. The van der Waals surface area contributed by atoms with Crippen molar-refractivity contribution in [2.24, 2.45) is 17.8 Å². The Hall–Kier alpha value is -1.89. The molecular formula is C19H27N3O4. The Kier molecular flexibility index (Phi) is 4.29. The van der Waals surface area contributed by atoms with Gasteiger partial charge in [-0.3, -0.25) is 14.4 Å². The molecule has 3 saturated heterocycles. The zero-order valence-electron chi connectivity index (χ0n) is 15.4. The van der Waals surface area contributed by atoms with Gasteiger partial charge in [-0.2, -0.15) is 0 Å². The van der Waals surface area contributed by atoms with Crippen LogP contribution >= 0.6 is 0 Å². The highest BCUT2D eigenvalue weighted by atomic mass is 16.5. The van der Waals surface area contributed by atoms with Crippen molar-refractivity contribution in [1.29, 1.82) is 0 Å². The van der Waals surface area contributed by atoms with Crippen LogP contribution in [-0.2, 0) is 19.1 Å². The van der Waals surface area contributed by atoms with Crippen molar-refractivity contribution >= 4 is 17.7 Å². The molecule has 4 atom stereocenters. The van der Waals surface area contributed by atoms with E-state index in [1.54, 1.807) is 4.90 Å². The summed E-state index contributed by atoms with van der Waals surface area (Å²) < 4.78 is 6.16. The predicted octanol–water partition coefficient (Wildman–Crippen LogP) is 0.163. The number of likely N-dealkylation sites (tertiary alicyclic amines) is 1. The zero-order valence-corrected chi connectivity index (χ0v) is 15.4. The molecule has 3 fully saturated rings. The van der Waals surface area contributed by atoms with Crippen LogP contribution in [0.4, 0.5) is 0 Å². The fourth-order valence-electron chi connectivity index (χ4n) is 4.91. The lowest BCUT2D eigenvalue weighted by molar-refractivity contribution is -0.146. The minimum atomic E-state index is -0.661. The van der Waals surface area contributed by atoms with Gasteiger partial charge in [0.15, 0.2) is 0 Å². The maximum Gasteiger partial charge on any atom is 0.239 e. The summed E-state index contributed by atoms with van der Waals surface area (Å²) >= 11 is 0. The second kappa shape index (κ2) is 6.37. The van der Waals surface area contributed by atoms with Crippen LogP contribution in [0.3, 0.4) is 0 Å². The van der Waals surface area contributed by atoms with Crippen molar-refractivity contribution in [3.05, 3.63) is 12.2 Å². The van der Waals surface area contributed by atoms with Gasteiger partial charge in [0, 0.05) is 19.6 Å². The third-order valence-electron chi connectivity index (χ3n) is 6.45. The lowest BCUT2D eigenvalue weighted by atomic mass is 9.76. The van der Waals surface area contributed by atoms with Gasteiger partial charge in [0.05, 0.1) is 31.0 Å². The Morgan fingerprint density at radius 2 is 2.15 bits per heavy atom. The highest BCUT2D eigenvalue weighted by Crippen LogP contribution is 2.52. The lowest BCUT2D eigenvalue weighted by Crippen LogP contribution is -2.54. The minimum Gasteiger partial charge on any atom is -0.360 e. The van der Waals surface area contributed by atoms with Crippen LogP contribution < -0.4 is 5.32 Å². The Bertz CT molecular complexity index is 659. The van der Waals surface area contributed by atoms with Crippen molar-refractivity contribution < 1.29 is 19.1 Å². The molecule has 7 heteroatoms. The molecule has 0 aromatic rings. The summed E-state index contributed by atoms with van der Waals surface area (Å²) in [6.45, 7) is 6.56. The number of nitrogens with one attached hydrogen (secondary N) is 1. The van der Waals surface area contributed by atoms with Crippen LogP contribution in [0.25, 0.3) is 0 Å². The molecule has 4 aliphatic rings. The van der Waals surface area contributed by atoms with Crippen molar-refractivity contribution in [3.8, 4) is 0 Å². The van der Waals surface area contributed by atoms with Gasteiger partial charge in [-0.1, -0.05) is 38.8 Å². The van der Waals surface area contributed by atoms with E-state index in [0.717, 1.165) is 19.4 Å². The molecule has 26 heavy (non-hydrogen) atoms. The first-order valence-electron chi connectivity index (χ1n) is 9.70. The molecule has 4 rings (SSSR count). The Morgan fingerprint density at radius 1 is 1.38 bits per heavy atom. The molecule has 1 spiro atoms. The van der Waals surface area contributed by atoms with E-state index in [2.05, 4.69) is 19.2 Å². The topological polar surface area (TPSA) is 79.0 Å². The van der Waals surface area contributed by atoms with Gasteiger partial charge >= 0.3 is 0 Å². The minimum absolute atomic E-state index is 0.0311. The van der Waals surface area contributed by atoms with Crippen molar-refractivity contribution in [2.75, 3.05) is 32.7 Å². The largest absolute Gasteiger partial charge is 0.360 e. The molecule has 2 bridgehead atoms. The number of nitrogens with zero attached hydrogens (tertiary/aromatic N) is 2. The van der Waals surface area contributed by atoms with Crippen LogP contribution in [0.2, 0.25) is 0 Å². The van der Waals surface area contributed by atoms with Crippen LogP contribution in [0.15, 0.2) is 12.2 Å². The molecule has 1 N–H and O–H groups in total. The van der Waals surface area contributed by atoms with Crippen molar-refractivity contribution in [2.45, 2.75) is 38.4 Å². The van der Waals surface area contributed by atoms with Gasteiger partial charge in [0.25, 0.3) is 0 Å². The number of carbonyl (C=O) groups excluding carboxylic acids is 3. The summed E-state index contributed by atoms with van der Waals surface area (Å²) in [6.07, 6.45) is 5.62. The van der Waals surface area contributed by atoms with E-state index in [4.69, 9.17) is 4.74 Å². The van der Waals surface area contributed by atoms with E-state index < -0.39 is 17.4 Å². The number of rotatable bonds is 5. The molecule has 0 unspecified atom stereocenters. The molecule has 142 valence electrons. The van der Waals surface area contributed by atoms with Gasteiger partial charge in [0.2, 0.25) is 17.7 Å². The van der Waals surface area contributed by atoms with E-state index >= 15 is 0 Å². The molecule has 0 radical (unpaired) electrons. The van der Waals surface area contributed by atoms with Crippen LogP contribution in [0.5, 0.6) is 0 Å². The predicted molar refractivity (Wildman–Crippen MR) is 94.0 cm³/mol. The van der Waals surface area contributed by atoms with Crippen LogP contribution in [-0.4, -0.2) is 72.0 Å². The Labute approximate surface area is 153 Å². The highest BCUT2D eigenvalue weighted by Gasteiger charge is 2.67. The smallest absolute Gasteiger partial charge is 0.239 e. The van der Waals surface area contributed by atoms with Crippen molar-refractivity contribution in [3.63, 3.8) is 0 Å². The third kappa shape index (κ3) is 2.55. The summed E-state index contributed by atoms with van der Waals surface area (Å²) in [6, 6.07) is 0. The van der Waals surface area contributed by atoms with Crippen molar-refractivity contribution in [1.82, 2.24) is 15.1 Å². The fourth-order valence-corrected chi connectivity index (χ4v) is 4.91. The first-order valence-corrected chi connectivity index (χ1v) is 9.70. The Balaban J connectivity index is 1.55. The maximum atomic E-state index is 13.2. The summed E-state index contributed by atoms with van der Waals surface area (Å²) in [7, 11) is 0. The summed E-state index contributed by atoms with van der Waals surface area (Å²) in [5, 5.41) is 2.73. The maximum absolute atomic E-state index is 13.2. The van der Waals surface area contributed by atoms with E-state index in [1.165, 1.54) is 0 Å². The number of ether oxygens (including phenoxy) is 1. The average molecular weight is 361 g/mol. The Morgan fingerprint density at radius 3 is 2.85 bits per heavy atom. The standard InChI is InChI=1S/C19H27N3O4/c1-3-12(4-2)9-22-11-19-6-5-13(26-19)15(16(19)18(22)25)17(24)21-8-7-20-14(23)10-21/h5-6,12-13,15-16H,3-4,7-11H2,1-2H3,(H,20,23)/t13-,15-,16+,19-/m0/s1. The fraction of sp³-hybridized carbons (Fsp3) is 0.737. The number of fused-ring (bicyclic) bond motifs is 1. The van der Waals surface area contributed by atoms with Crippen LogP contribution in [0.1, 0.15) is 26.7 Å². The summed E-state index contributed by atoms with van der Waals surface area (Å²) in [5.41, 5.74) is -0.661. The first-order chi connectivity index (χ1) is 12.5. The molecule has 3 amide bonds. The van der Waals surface area contributed by atoms with E-state index in [-0.39, 0.29) is 30.4 Å². The SMILES string of the molecule is CCC(CC)CN1C[C@]23C=C[C@H](O2)[C@H](C(=O)N2CCNC(=O)C2)[C@@H]3C1=O. The van der Waals surface area contributed by atoms with Gasteiger partial charge in [-0.05, 0) is 5.92 Å². The number of amides is 3. The van der Waals surface area contributed by atoms with Gasteiger partial charge in [0.1, 0.15) is 5.60 Å². The molecule has 0 aromatic heterocycles. The monoisotopic (exact) mass is 361 g/mol. The number of carbonyl (C=O) groups is 3. The van der Waals surface area contributed by atoms with E-state index in [0.29, 0.717) is 25.6 Å². The molecule has 0 aliphatic carbocycles. The van der Waals surface area contributed by atoms with Crippen LogP contribution in [0, 0.1) is 17.8 Å². The lowest BCUT2D eigenvalue weighted by Gasteiger charge is -2.32. The number of hydrogen-bond acceptors (Lipinski definition) is 4. The van der Waals surface area contributed by atoms with Gasteiger partial charge in [-0.15, -0.1) is 0 Å². The first kappa shape index (κ1) is 17.5. The quantitative estimate of drug-likeness (QED) is 0.708. The highest BCUT2D eigenvalue weighted by molar-refractivity contribution is 5.94. The average Bonchev–Trinajstić information content (AvgIpc) is 3.27. The number of hydrogen-bond donors (Lipinski definition) is 1.